The average molecular weight is 252 g/mol. The first kappa shape index (κ1) is 12.1. The number of hydrogen-bond acceptors (Lipinski definition) is 6. The Hall–Kier alpha value is -0.980. The first-order chi connectivity index (χ1) is 8.78. The Morgan fingerprint density at radius 1 is 1.56 bits per heavy atom. The van der Waals surface area contributed by atoms with Gasteiger partial charge in [-0.25, -0.2) is 0 Å². The minimum Gasteiger partial charge on any atom is -0.367 e. The molecular formula is C12H20N4O2. The van der Waals surface area contributed by atoms with Crippen LogP contribution in [0.15, 0.2) is 4.52 Å². The van der Waals surface area contributed by atoms with Crippen molar-refractivity contribution in [2.75, 3.05) is 19.7 Å². The molecule has 2 fully saturated rings. The lowest BCUT2D eigenvalue weighted by atomic mass is 10.2. The van der Waals surface area contributed by atoms with Crippen molar-refractivity contribution < 1.29 is 9.26 Å². The molecule has 2 aliphatic heterocycles. The maximum Gasteiger partial charge on any atom is 0.243 e. The number of nitrogens with two attached hydrogens (primary N) is 1. The lowest BCUT2D eigenvalue weighted by Gasteiger charge is -2.33. The van der Waals surface area contributed by atoms with Crippen LogP contribution < -0.4 is 5.73 Å². The van der Waals surface area contributed by atoms with E-state index in [1.54, 1.807) is 0 Å². The molecule has 0 amide bonds. The van der Waals surface area contributed by atoms with E-state index in [4.69, 9.17) is 15.0 Å². The summed E-state index contributed by atoms with van der Waals surface area (Å²) < 4.78 is 11.0. The minimum absolute atomic E-state index is 0.0686. The Balaban J connectivity index is 1.69. The van der Waals surface area contributed by atoms with Crippen molar-refractivity contribution in [2.24, 2.45) is 5.73 Å². The monoisotopic (exact) mass is 252 g/mol. The van der Waals surface area contributed by atoms with Crippen LogP contribution in [0.4, 0.5) is 0 Å². The fraction of sp³-hybridized carbons (Fsp3) is 0.833. The molecule has 0 aliphatic carbocycles. The van der Waals surface area contributed by atoms with Crippen LogP contribution in [0, 0.1) is 0 Å². The van der Waals surface area contributed by atoms with Crippen LogP contribution in [-0.4, -0.2) is 40.8 Å². The van der Waals surface area contributed by atoms with Gasteiger partial charge in [-0.15, -0.1) is 0 Å². The Morgan fingerprint density at radius 3 is 3.28 bits per heavy atom. The summed E-state index contributed by atoms with van der Waals surface area (Å²) >= 11 is 0. The van der Waals surface area contributed by atoms with E-state index in [-0.39, 0.29) is 12.1 Å². The molecule has 6 nitrogen and oxygen atoms in total. The van der Waals surface area contributed by atoms with Crippen LogP contribution in [0.1, 0.15) is 50.0 Å². The summed E-state index contributed by atoms with van der Waals surface area (Å²) in [6.07, 6.45) is 3.23. The van der Waals surface area contributed by atoms with Crippen molar-refractivity contribution in [3.05, 3.63) is 11.7 Å². The van der Waals surface area contributed by atoms with Gasteiger partial charge in [-0.05, 0) is 25.8 Å². The molecule has 6 heteroatoms. The van der Waals surface area contributed by atoms with Gasteiger partial charge in [0.15, 0.2) is 0 Å². The lowest BCUT2D eigenvalue weighted by molar-refractivity contribution is -0.0548. The van der Waals surface area contributed by atoms with Gasteiger partial charge in [0.1, 0.15) is 6.10 Å². The third-order valence-corrected chi connectivity index (χ3v) is 3.89. The average Bonchev–Trinajstić information content (AvgIpc) is 3.05. The summed E-state index contributed by atoms with van der Waals surface area (Å²) in [6.45, 7) is 4.80. The van der Waals surface area contributed by atoms with Crippen molar-refractivity contribution in [3.63, 3.8) is 0 Å². The van der Waals surface area contributed by atoms with Crippen LogP contribution in [0.5, 0.6) is 0 Å². The van der Waals surface area contributed by atoms with Gasteiger partial charge in [0.2, 0.25) is 11.7 Å². The summed E-state index contributed by atoms with van der Waals surface area (Å²) in [5, 5.41) is 4.01. The van der Waals surface area contributed by atoms with Gasteiger partial charge in [0.05, 0.1) is 12.6 Å². The van der Waals surface area contributed by atoms with Crippen molar-refractivity contribution in [1.82, 2.24) is 15.0 Å². The Morgan fingerprint density at radius 2 is 2.44 bits per heavy atom. The summed E-state index contributed by atoms with van der Waals surface area (Å²) in [4.78, 5) is 6.83. The van der Waals surface area contributed by atoms with Crippen LogP contribution in [0.2, 0.25) is 0 Å². The van der Waals surface area contributed by atoms with Crippen LogP contribution in [-0.2, 0) is 4.74 Å². The van der Waals surface area contributed by atoms with E-state index in [1.807, 2.05) is 6.92 Å². The number of nitrogens with zero attached hydrogens (tertiary/aromatic N) is 3. The van der Waals surface area contributed by atoms with Gasteiger partial charge in [-0.2, -0.15) is 4.98 Å². The van der Waals surface area contributed by atoms with E-state index in [2.05, 4.69) is 15.0 Å². The third-order valence-electron chi connectivity index (χ3n) is 3.89. The van der Waals surface area contributed by atoms with Gasteiger partial charge in [-0.3, -0.25) is 4.90 Å². The first-order valence-electron chi connectivity index (χ1n) is 6.72. The maximum absolute atomic E-state index is 5.88. The minimum atomic E-state index is -0.172. The molecule has 1 aromatic rings. The molecule has 2 saturated heterocycles. The highest BCUT2D eigenvalue weighted by molar-refractivity contribution is 4.98. The van der Waals surface area contributed by atoms with Crippen molar-refractivity contribution in [3.8, 4) is 0 Å². The molecule has 0 spiro atoms. The van der Waals surface area contributed by atoms with Crippen LogP contribution >= 0.6 is 0 Å². The van der Waals surface area contributed by atoms with Gasteiger partial charge >= 0.3 is 0 Å². The molecule has 2 unspecified atom stereocenters. The number of ether oxygens (including phenoxy) is 1. The summed E-state index contributed by atoms with van der Waals surface area (Å²) in [7, 11) is 0. The molecule has 0 saturated carbocycles. The predicted molar refractivity (Wildman–Crippen MR) is 64.8 cm³/mol. The number of aromatic nitrogens is 2. The number of fused-ring (bicyclic) bond motifs is 1. The first-order valence-corrected chi connectivity index (χ1v) is 6.72. The van der Waals surface area contributed by atoms with Gasteiger partial charge in [0.25, 0.3) is 0 Å². The lowest BCUT2D eigenvalue weighted by Crippen LogP contribution is -2.42. The zero-order chi connectivity index (χ0) is 12.5. The third kappa shape index (κ3) is 2.15. The van der Waals surface area contributed by atoms with E-state index in [0.29, 0.717) is 17.8 Å². The highest BCUT2D eigenvalue weighted by atomic mass is 16.5. The molecule has 3 rings (SSSR count). The maximum atomic E-state index is 5.88. The topological polar surface area (TPSA) is 77.4 Å². The second-order valence-corrected chi connectivity index (χ2v) is 5.12. The molecule has 2 N–H and O–H groups in total. The van der Waals surface area contributed by atoms with E-state index in [9.17, 15) is 0 Å². The Kier molecular flexibility index (Phi) is 3.32. The van der Waals surface area contributed by atoms with Gasteiger partial charge in [0, 0.05) is 12.6 Å². The fourth-order valence-corrected chi connectivity index (χ4v) is 2.68. The summed E-state index contributed by atoms with van der Waals surface area (Å²) in [5.41, 5.74) is 5.88. The van der Waals surface area contributed by atoms with Gasteiger partial charge in [-0.1, -0.05) is 12.1 Å². The van der Waals surface area contributed by atoms with Gasteiger partial charge < -0.3 is 15.0 Å². The van der Waals surface area contributed by atoms with Crippen molar-refractivity contribution >= 4 is 0 Å². The molecule has 1 aromatic heterocycles. The van der Waals surface area contributed by atoms with Crippen molar-refractivity contribution in [2.45, 2.75) is 44.4 Å². The Labute approximate surface area is 106 Å². The molecular weight excluding hydrogens is 232 g/mol. The predicted octanol–water partition coefficient (Wildman–Crippen LogP) is 1.02. The molecule has 0 radical (unpaired) electrons. The second kappa shape index (κ2) is 4.95. The quantitative estimate of drug-likeness (QED) is 0.865. The smallest absolute Gasteiger partial charge is 0.243 e. The molecule has 100 valence electrons. The molecule has 3 atom stereocenters. The highest BCUT2D eigenvalue weighted by Crippen LogP contribution is 2.29. The van der Waals surface area contributed by atoms with Crippen LogP contribution in [0.25, 0.3) is 0 Å². The zero-order valence-corrected chi connectivity index (χ0v) is 10.7. The number of hydrogen-bond donors (Lipinski definition) is 1. The van der Waals surface area contributed by atoms with E-state index < -0.39 is 0 Å². The van der Waals surface area contributed by atoms with Crippen LogP contribution in [0.3, 0.4) is 0 Å². The fourth-order valence-electron chi connectivity index (χ4n) is 2.68. The second-order valence-electron chi connectivity index (χ2n) is 5.12. The standard InChI is InChI=1S/C12H20N4O2/c1-2-9(13)12-14-11(15-18-12)10-6-16-5-3-4-8(16)7-17-10/h8-10H,2-7,13H2,1H3/t8?,9-,10?/m1/s1. The largest absolute Gasteiger partial charge is 0.367 e. The van der Waals surface area contributed by atoms with E-state index in [0.717, 1.165) is 26.1 Å². The Bertz CT molecular complexity index is 409. The SMILES string of the molecule is CC[C@@H](N)c1nc(C2CN3CCCC3CO2)no1. The summed E-state index contributed by atoms with van der Waals surface area (Å²) in [5.74, 6) is 1.15. The van der Waals surface area contributed by atoms with E-state index in [1.165, 1.54) is 12.8 Å². The van der Waals surface area contributed by atoms with E-state index >= 15 is 0 Å². The number of morpholine rings is 1. The molecule has 3 heterocycles. The zero-order valence-electron chi connectivity index (χ0n) is 10.7. The molecule has 18 heavy (non-hydrogen) atoms. The molecule has 0 aromatic carbocycles. The molecule has 2 aliphatic rings. The summed E-state index contributed by atoms with van der Waals surface area (Å²) in [6, 6.07) is 0.417. The number of rotatable bonds is 3. The van der Waals surface area contributed by atoms with Crippen molar-refractivity contribution in [1.29, 1.82) is 0 Å². The highest BCUT2D eigenvalue weighted by Gasteiger charge is 2.35. The molecule has 0 bridgehead atoms. The normalized spacial score (nSPS) is 30.3.